The minimum absolute atomic E-state index is 0.0133. The van der Waals surface area contributed by atoms with E-state index < -0.39 is 11.6 Å². The summed E-state index contributed by atoms with van der Waals surface area (Å²) in [5, 5.41) is 4.06. The summed E-state index contributed by atoms with van der Waals surface area (Å²) in [6, 6.07) is 11.6. The number of carbonyl (C=O) groups is 2. The average Bonchev–Trinajstić information content (AvgIpc) is 2.71. The summed E-state index contributed by atoms with van der Waals surface area (Å²) in [7, 11) is 0. The number of halogens is 1. The van der Waals surface area contributed by atoms with Gasteiger partial charge in [-0.15, -0.1) is 0 Å². The van der Waals surface area contributed by atoms with Gasteiger partial charge in [0.1, 0.15) is 12.2 Å². The van der Waals surface area contributed by atoms with Crippen LogP contribution in [0.15, 0.2) is 51.7 Å². The van der Waals surface area contributed by atoms with Crippen LogP contribution in [0, 0.1) is 13.8 Å². The van der Waals surface area contributed by atoms with Gasteiger partial charge >= 0.3 is 11.6 Å². The van der Waals surface area contributed by atoms with Gasteiger partial charge in [0.05, 0.1) is 0 Å². The third-order valence-electron chi connectivity index (χ3n) is 4.78. The van der Waals surface area contributed by atoms with E-state index in [0.717, 1.165) is 16.5 Å². The molecule has 30 heavy (non-hydrogen) atoms. The summed E-state index contributed by atoms with van der Waals surface area (Å²) >= 11 is 5.80. The molecule has 0 unspecified atom stereocenters. The Morgan fingerprint density at radius 1 is 1.07 bits per heavy atom. The van der Waals surface area contributed by atoms with Crippen molar-refractivity contribution in [1.82, 2.24) is 5.32 Å². The number of benzene rings is 2. The molecule has 0 spiro atoms. The van der Waals surface area contributed by atoms with E-state index in [1.54, 1.807) is 30.3 Å². The predicted molar refractivity (Wildman–Crippen MR) is 115 cm³/mol. The van der Waals surface area contributed by atoms with Crippen LogP contribution in [0.25, 0.3) is 11.0 Å². The fraction of sp³-hybridized carbons (Fsp3) is 0.261. The Morgan fingerprint density at radius 3 is 2.50 bits per heavy atom. The van der Waals surface area contributed by atoms with Crippen molar-refractivity contribution in [3.8, 4) is 0 Å². The van der Waals surface area contributed by atoms with Crippen LogP contribution < -0.4 is 10.9 Å². The van der Waals surface area contributed by atoms with E-state index in [9.17, 15) is 14.4 Å². The smallest absolute Gasteiger partial charge is 0.336 e. The first-order chi connectivity index (χ1) is 14.3. The summed E-state index contributed by atoms with van der Waals surface area (Å²) in [6.45, 7) is 4.23. The van der Waals surface area contributed by atoms with E-state index in [0.29, 0.717) is 34.7 Å². The fourth-order valence-corrected chi connectivity index (χ4v) is 3.10. The summed E-state index contributed by atoms with van der Waals surface area (Å²) < 4.78 is 10.6. The normalized spacial score (nSPS) is 10.8. The Hall–Kier alpha value is -3.12. The van der Waals surface area contributed by atoms with Gasteiger partial charge in [0.15, 0.2) is 0 Å². The van der Waals surface area contributed by atoms with Crippen LogP contribution in [0.5, 0.6) is 0 Å². The minimum atomic E-state index is -0.485. The average molecular weight is 428 g/mol. The van der Waals surface area contributed by atoms with Gasteiger partial charge in [0.25, 0.3) is 5.91 Å². The van der Waals surface area contributed by atoms with Crippen LogP contribution in [0.4, 0.5) is 0 Å². The van der Waals surface area contributed by atoms with Crippen molar-refractivity contribution in [3.05, 3.63) is 80.2 Å². The van der Waals surface area contributed by atoms with E-state index in [1.807, 2.05) is 19.9 Å². The van der Waals surface area contributed by atoms with Crippen molar-refractivity contribution in [2.75, 3.05) is 6.54 Å². The van der Waals surface area contributed by atoms with Gasteiger partial charge in [-0.3, -0.25) is 9.59 Å². The van der Waals surface area contributed by atoms with Gasteiger partial charge in [0.2, 0.25) is 0 Å². The monoisotopic (exact) mass is 427 g/mol. The second-order valence-electron chi connectivity index (χ2n) is 7.05. The zero-order valence-electron chi connectivity index (χ0n) is 16.8. The molecule has 0 aliphatic heterocycles. The predicted octanol–water partition coefficient (Wildman–Crippen LogP) is 4.32. The maximum absolute atomic E-state index is 12.1. The maximum Gasteiger partial charge on any atom is 0.336 e. The van der Waals surface area contributed by atoms with Crippen molar-refractivity contribution in [2.45, 2.75) is 33.3 Å². The summed E-state index contributed by atoms with van der Waals surface area (Å²) in [4.78, 5) is 35.9. The first-order valence-corrected chi connectivity index (χ1v) is 9.94. The number of hydrogen-bond acceptors (Lipinski definition) is 5. The molecule has 0 aliphatic carbocycles. The lowest BCUT2D eigenvalue weighted by Crippen LogP contribution is -2.25. The molecule has 6 nitrogen and oxygen atoms in total. The summed E-state index contributed by atoms with van der Waals surface area (Å²) in [5.41, 5.74) is 3.17. The topological polar surface area (TPSA) is 85.6 Å². The van der Waals surface area contributed by atoms with Gasteiger partial charge < -0.3 is 14.5 Å². The Morgan fingerprint density at radius 2 is 1.77 bits per heavy atom. The third kappa shape index (κ3) is 5.48. The first kappa shape index (κ1) is 21.6. The third-order valence-corrected chi connectivity index (χ3v) is 5.03. The molecule has 3 rings (SSSR count). The molecule has 1 N–H and O–H groups in total. The van der Waals surface area contributed by atoms with Gasteiger partial charge in [-0.1, -0.05) is 11.6 Å². The van der Waals surface area contributed by atoms with Gasteiger partial charge in [-0.25, -0.2) is 4.79 Å². The minimum Gasteiger partial charge on any atom is -0.461 e. The SMILES string of the molecule is Cc1cc2oc(=O)cc(COC(=O)CCCNC(=O)c3ccc(Cl)cc3)c2cc1C. The van der Waals surface area contributed by atoms with Crippen molar-refractivity contribution in [2.24, 2.45) is 0 Å². The molecule has 0 atom stereocenters. The number of esters is 1. The highest BCUT2D eigenvalue weighted by Gasteiger charge is 2.11. The van der Waals surface area contributed by atoms with Crippen LogP contribution in [-0.2, 0) is 16.1 Å². The number of carbonyl (C=O) groups excluding carboxylic acids is 2. The molecule has 0 aliphatic rings. The number of rotatable bonds is 7. The van der Waals surface area contributed by atoms with Gasteiger partial charge in [-0.05, 0) is 67.8 Å². The van der Waals surface area contributed by atoms with E-state index in [2.05, 4.69) is 5.32 Å². The molecular weight excluding hydrogens is 406 g/mol. The lowest BCUT2D eigenvalue weighted by atomic mass is 10.0. The molecule has 1 heterocycles. The lowest BCUT2D eigenvalue weighted by Gasteiger charge is -2.09. The lowest BCUT2D eigenvalue weighted by molar-refractivity contribution is -0.145. The number of aryl methyl sites for hydroxylation is 2. The number of amides is 1. The zero-order valence-corrected chi connectivity index (χ0v) is 17.5. The highest BCUT2D eigenvalue weighted by Crippen LogP contribution is 2.22. The second-order valence-corrected chi connectivity index (χ2v) is 7.49. The van der Waals surface area contributed by atoms with Crippen LogP contribution in [-0.4, -0.2) is 18.4 Å². The van der Waals surface area contributed by atoms with Crippen molar-refractivity contribution in [3.63, 3.8) is 0 Å². The molecule has 3 aromatic rings. The van der Waals surface area contributed by atoms with E-state index >= 15 is 0 Å². The Labute approximate surface area is 178 Å². The van der Waals surface area contributed by atoms with Crippen LogP contribution in [0.2, 0.25) is 5.02 Å². The quantitative estimate of drug-likeness (QED) is 0.345. The highest BCUT2D eigenvalue weighted by molar-refractivity contribution is 6.30. The standard InChI is InChI=1S/C23H22ClNO5/c1-14-10-19-17(12-22(27)30-20(19)11-15(14)2)13-29-21(26)4-3-9-25-23(28)16-5-7-18(24)8-6-16/h5-8,10-12H,3-4,9,13H2,1-2H3,(H,25,28). The maximum atomic E-state index is 12.1. The number of ether oxygens (including phenoxy) is 1. The Balaban J connectivity index is 1.50. The Bertz CT molecular complexity index is 1130. The molecular formula is C23H22ClNO5. The summed E-state index contributed by atoms with van der Waals surface area (Å²) in [5.74, 6) is -0.630. The number of hydrogen-bond donors (Lipinski definition) is 1. The molecule has 1 aromatic heterocycles. The number of fused-ring (bicyclic) bond motifs is 1. The van der Waals surface area contributed by atoms with Crippen LogP contribution >= 0.6 is 11.6 Å². The van der Waals surface area contributed by atoms with Gasteiger partial charge in [0, 0.05) is 40.6 Å². The number of nitrogens with one attached hydrogen (secondary N) is 1. The van der Waals surface area contributed by atoms with E-state index in [4.69, 9.17) is 20.8 Å². The molecule has 0 bridgehead atoms. The summed E-state index contributed by atoms with van der Waals surface area (Å²) in [6.07, 6.45) is 0.590. The zero-order chi connectivity index (χ0) is 21.7. The Kier molecular flexibility index (Phi) is 6.90. The van der Waals surface area contributed by atoms with E-state index in [1.165, 1.54) is 6.07 Å². The van der Waals surface area contributed by atoms with E-state index in [-0.39, 0.29) is 18.9 Å². The van der Waals surface area contributed by atoms with Crippen molar-refractivity contribution < 1.29 is 18.7 Å². The molecule has 1 amide bonds. The molecule has 0 saturated carbocycles. The molecule has 156 valence electrons. The fourth-order valence-electron chi connectivity index (χ4n) is 2.97. The van der Waals surface area contributed by atoms with Crippen LogP contribution in [0.3, 0.4) is 0 Å². The molecule has 0 saturated heterocycles. The molecule has 2 aromatic carbocycles. The first-order valence-electron chi connectivity index (χ1n) is 9.57. The second kappa shape index (κ2) is 9.59. The highest BCUT2D eigenvalue weighted by atomic mass is 35.5. The van der Waals surface area contributed by atoms with Crippen LogP contribution in [0.1, 0.15) is 39.9 Å². The molecule has 7 heteroatoms. The van der Waals surface area contributed by atoms with Crippen molar-refractivity contribution in [1.29, 1.82) is 0 Å². The molecule has 0 radical (unpaired) electrons. The largest absolute Gasteiger partial charge is 0.461 e. The molecule has 0 fully saturated rings. The van der Waals surface area contributed by atoms with Crippen molar-refractivity contribution >= 4 is 34.4 Å². The van der Waals surface area contributed by atoms with Gasteiger partial charge in [-0.2, -0.15) is 0 Å².